The summed E-state index contributed by atoms with van der Waals surface area (Å²) in [5.74, 6) is 1.52. The Hall–Kier alpha value is -3.33. The van der Waals surface area contributed by atoms with E-state index in [4.69, 9.17) is 12.2 Å². The molecule has 0 radical (unpaired) electrons. The summed E-state index contributed by atoms with van der Waals surface area (Å²) in [5.41, 5.74) is 2.85. The highest BCUT2D eigenvalue weighted by molar-refractivity contribution is 7.71. The molecule has 160 valence electrons. The fourth-order valence-corrected chi connectivity index (χ4v) is 3.81. The molecular weight excluding hydrogens is 410 g/mol. The van der Waals surface area contributed by atoms with Gasteiger partial charge in [-0.25, -0.2) is 0 Å². The van der Waals surface area contributed by atoms with Crippen LogP contribution in [-0.2, 0) is 11.3 Å². The van der Waals surface area contributed by atoms with E-state index >= 15 is 0 Å². The summed E-state index contributed by atoms with van der Waals surface area (Å²) in [7, 11) is 0. The van der Waals surface area contributed by atoms with Crippen LogP contribution in [0.15, 0.2) is 48.7 Å². The third kappa shape index (κ3) is 4.41. The van der Waals surface area contributed by atoms with E-state index in [9.17, 15) is 4.79 Å². The van der Waals surface area contributed by atoms with Crippen LogP contribution in [0.4, 0.5) is 0 Å². The zero-order valence-electron chi connectivity index (χ0n) is 17.7. The lowest BCUT2D eigenvalue weighted by molar-refractivity contribution is -0.122. The van der Waals surface area contributed by atoms with Crippen molar-refractivity contribution in [2.24, 2.45) is 5.92 Å². The highest BCUT2D eigenvalue weighted by Gasteiger charge is 2.23. The fourth-order valence-electron chi connectivity index (χ4n) is 3.59. The number of aryl methyl sites for hydroxylation is 1. The number of hydrogen-bond donors (Lipinski definition) is 2. The van der Waals surface area contributed by atoms with Crippen LogP contribution in [0.3, 0.4) is 0 Å². The monoisotopic (exact) mass is 435 g/mol. The molecule has 31 heavy (non-hydrogen) atoms. The van der Waals surface area contributed by atoms with Crippen molar-refractivity contribution in [2.45, 2.75) is 39.8 Å². The minimum Gasteiger partial charge on any atom is -0.346 e. The van der Waals surface area contributed by atoms with Gasteiger partial charge in [-0.3, -0.25) is 18.9 Å². The van der Waals surface area contributed by atoms with Gasteiger partial charge in [0.05, 0.1) is 6.04 Å². The molecule has 0 saturated carbocycles. The normalized spacial score (nSPS) is 12.4. The quantitative estimate of drug-likeness (QED) is 0.430. The van der Waals surface area contributed by atoms with Crippen molar-refractivity contribution in [2.75, 3.05) is 0 Å². The first kappa shape index (κ1) is 20.9. The molecular formula is C22H25N7OS. The van der Waals surface area contributed by atoms with Crippen molar-refractivity contribution in [3.05, 3.63) is 64.8 Å². The van der Waals surface area contributed by atoms with Crippen molar-refractivity contribution < 1.29 is 4.79 Å². The maximum atomic E-state index is 12.9. The van der Waals surface area contributed by atoms with Gasteiger partial charge in [-0.2, -0.15) is 5.10 Å². The Morgan fingerprint density at radius 2 is 2.03 bits per heavy atom. The molecule has 0 unspecified atom stereocenters. The molecule has 0 aliphatic carbocycles. The van der Waals surface area contributed by atoms with Gasteiger partial charge in [0.25, 0.3) is 0 Å². The Kier molecular flexibility index (Phi) is 5.94. The summed E-state index contributed by atoms with van der Waals surface area (Å²) in [6.07, 6.45) is 2.18. The number of nitrogens with zero attached hydrogens (tertiary/aromatic N) is 5. The number of H-pyrrole nitrogens is 1. The minimum atomic E-state index is -0.251. The standard InChI is InChI=1S/C22H25N7OS/c1-14(2)19(21-26-24-17-9-4-5-11-28(17)21)23-18(30)10-12-29-20(25-27-22(29)31)16-8-6-7-15(3)13-16/h4-9,11,13-14,19H,10,12H2,1-3H3,(H,23,30)(H,27,31)/t19-/m1/s1. The van der Waals surface area contributed by atoms with Crippen molar-refractivity contribution >= 4 is 23.8 Å². The number of aromatic amines is 1. The minimum absolute atomic E-state index is 0.0790. The van der Waals surface area contributed by atoms with Crippen molar-refractivity contribution in [1.29, 1.82) is 0 Å². The molecule has 4 rings (SSSR count). The number of carbonyl (C=O) groups is 1. The SMILES string of the molecule is Cc1cccc(-c2n[nH]c(=S)n2CCC(=O)N[C@@H](c2nnc3ccccn23)C(C)C)c1. The second-order valence-electron chi connectivity index (χ2n) is 7.90. The van der Waals surface area contributed by atoms with Crippen LogP contribution < -0.4 is 5.32 Å². The molecule has 0 spiro atoms. The van der Waals surface area contributed by atoms with Gasteiger partial charge in [0.1, 0.15) is 0 Å². The maximum Gasteiger partial charge on any atom is 0.222 e. The number of benzene rings is 1. The maximum absolute atomic E-state index is 12.9. The molecule has 0 fully saturated rings. The Morgan fingerprint density at radius 1 is 1.19 bits per heavy atom. The summed E-state index contributed by atoms with van der Waals surface area (Å²) in [4.78, 5) is 12.9. The molecule has 0 aliphatic rings. The summed E-state index contributed by atoms with van der Waals surface area (Å²) < 4.78 is 4.27. The number of pyridine rings is 1. The lowest BCUT2D eigenvalue weighted by atomic mass is 10.0. The van der Waals surface area contributed by atoms with Crippen LogP contribution >= 0.6 is 12.2 Å². The first-order valence-electron chi connectivity index (χ1n) is 10.3. The summed E-state index contributed by atoms with van der Waals surface area (Å²) in [6, 6.07) is 13.5. The van der Waals surface area contributed by atoms with Crippen LogP contribution in [0, 0.1) is 17.6 Å². The molecule has 9 heteroatoms. The van der Waals surface area contributed by atoms with E-state index < -0.39 is 0 Å². The average Bonchev–Trinajstić information content (AvgIpc) is 3.34. The number of hydrogen-bond acceptors (Lipinski definition) is 5. The number of aromatic nitrogens is 6. The molecule has 4 aromatic rings. The van der Waals surface area contributed by atoms with Gasteiger partial charge in [-0.05, 0) is 43.3 Å². The number of rotatable bonds is 7. The summed E-state index contributed by atoms with van der Waals surface area (Å²) in [6.45, 7) is 6.56. The Labute approximate surface area is 185 Å². The van der Waals surface area contributed by atoms with Gasteiger partial charge in [0.15, 0.2) is 22.1 Å². The Balaban J connectivity index is 1.50. The van der Waals surface area contributed by atoms with E-state index in [1.807, 2.05) is 64.6 Å². The molecule has 0 aliphatic heterocycles. The van der Waals surface area contributed by atoms with Gasteiger partial charge in [0, 0.05) is 24.7 Å². The predicted octanol–water partition coefficient (Wildman–Crippen LogP) is 3.86. The largest absolute Gasteiger partial charge is 0.346 e. The topological polar surface area (TPSA) is 92.9 Å². The third-order valence-corrected chi connectivity index (χ3v) is 5.51. The second-order valence-corrected chi connectivity index (χ2v) is 8.29. The molecule has 2 N–H and O–H groups in total. The zero-order valence-corrected chi connectivity index (χ0v) is 18.6. The van der Waals surface area contributed by atoms with E-state index in [0.717, 1.165) is 28.4 Å². The first-order valence-corrected chi connectivity index (χ1v) is 10.7. The number of nitrogens with one attached hydrogen (secondary N) is 2. The third-order valence-electron chi connectivity index (χ3n) is 5.20. The average molecular weight is 436 g/mol. The van der Waals surface area contributed by atoms with Crippen LogP contribution in [0.25, 0.3) is 17.0 Å². The first-order chi connectivity index (χ1) is 14.9. The van der Waals surface area contributed by atoms with Gasteiger partial charge in [-0.1, -0.05) is 43.7 Å². The van der Waals surface area contributed by atoms with E-state index in [1.54, 1.807) is 0 Å². The molecule has 0 bridgehead atoms. The lowest BCUT2D eigenvalue weighted by Crippen LogP contribution is -2.33. The Morgan fingerprint density at radius 3 is 2.81 bits per heavy atom. The molecule has 1 atom stereocenters. The second kappa shape index (κ2) is 8.81. The predicted molar refractivity (Wildman–Crippen MR) is 121 cm³/mol. The molecule has 0 saturated heterocycles. The van der Waals surface area contributed by atoms with E-state index in [2.05, 4.69) is 39.6 Å². The highest BCUT2D eigenvalue weighted by atomic mass is 32.1. The zero-order chi connectivity index (χ0) is 22.0. The van der Waals surface area contributed by atoms with E-state index in [1.165, 1.54) is 0 Å². The van der Waals surface area contributed by atoms with Crippen molar-refractivity contribution in [3.8, 4) is 11.4 Å². The molecule has 1 amide bonds. The van der Waals surface area contributed by atoms with Gasteiger partial charge < -0.3 is 5.32 Å². The molecule has 1 aromatic carbocycles. The molecule has 3 heterocycles. The van der Waals surface area contributed by atoms with Crippen LogP contribution in [0.1, 0.15) is 37.7 Å². The van der Waals surface area contributed by atoms with Crippen molar-refractivity contribution in [3.63, 3.8) is 0 Å². The molecule has 3 aromatic heterocycles. The smallest absolute Gasteiger partial charge is 0.222 e. The fraction of sp³-hybridized carbons (Fsp3) is 0.318. The molecule has 8 nitrogen and oxygen atoms in total. The van der Waals surface area contributed by atoms with Crippen LogP contribution in [-0.4, -0.2) is 35.3 Å². The van der Waals surface area contributed by atoms with E-state index in [0.29, 0.717) is 11.3 Å². The lowest BCUT2D eigenvalue weighted by Gasteiger charge is -2.21. The van der Waals surface area contributed by atoms with Gasteiger partial charge in [0.2, 0.25) is 5.91 Å². The summed E-state index contributed by atoms with van der Waals surface area (Å²) in [5, 5.41) is 18.9. The number of carbonyl (C=O) groups excluding carboxylic acids is 1. The van der Waals surface area contributed by atoms with Crippen molar-refractivity contribution in [1.82, 2.24) is 34.7 Å². The number of fused-ring (bicyclic) bond motifs is 1. The summed E-state index contributed by atoms with van der Waals surface area (Å²) >= 11 is 5.40. The van der Waals surface area contributed by atoms with Gasteiger partial charge >= 0.3 is 0 Å². The van der Waals surface area contributed by atoms with Gasteiger partial charge in [-0.15, -0.1) is 10.2 Å². The van der Waals surface area contributed by atoms with Crippen LogP contribution in [0.5, 0.6) is 0 Å². The highest BCUT2D eigenvalue weighted by Crippen LogP contribution is 2.22. The van der Waals surface area contributed by atoms with Crippen LogP contribution in [0.2, 0.25) is 0 Å². The Bertz CT molecular complexity index is 1270. The van der Waals surface area contributed by atoms with E-state index in [-0.39, 0.29) is 24.3 Å². The number of amides is 1.